The summed E-state index contributed by atoms with van der Waals surface area (Å²) in [4.78, 5) is 27.6. The summed E-state index contributed by atoms with van der Waals surface area (Å²) in [5.41, 5.74) is 1.07. The van der Waals surface area contributed by atoms with E-state index in [1.165, 1.54) is 19.1 Å². The summed E-state index contributed by atoms with van der Waals surface area (Å²) in [5.74, 6) is -0.0737. The van der Waals surface area contributed by atoms with Crippen LogP contribution in [0.3, 0.4) is 0 Å². The molecule has 0 unspecified atom stereocenters. The molecule has 0 aliphatic carbocycles. The third-order valence-electron chi connectivity index (χ3n) is 4.66. The molecule has 1 aliphatic rings. The van der Waals surface area contributed by atoms with Gasteiger partial charge in [-0.15, -0.1) is 0 Å². The number of halogens is 1. The highest BCUT2D eigenvalue weighted by Gasteiger charge is 2.29. The number of hydrogen-bond donors (Lipinski definition) is 1. The van der Waals surface area contributed by atoms with Crippen molar-refractivity contribution in [3.05, 3.63) is 35.6 Å². The second kappa shape index (κ2) is 8.94. The topological polar surface area (TPSA) is 52.7 Å². The Morgan fingerprint density at radius 1 is 1.24 bits per heavy atom. The van der Waals surface area contributed by atoms with Crippen LogP contribution in [0.2, 0.25) is 0 Å². The molecule has 1 saturated heterocycles. The fourth-order valence-corrected chi connectivity index (χ4v) is 3.25. The molecule has 2 rings (SSSR count). The van der Waals surface area contributed by atoms with Crippen molar-refractivity contribution in [1.29, 1.82) is 0 Å². The fourth-order valence-electron chi connectivity index (χ4n) is 3.25. The predicted molar refractivity (Wildman–Crippen MR) is 95.3 cm³/mol. The molecule has 6 heteroatoms. The van der Waals surface area contributed by atoms with Gasteiger partial charge in [-0.25, -0.2) is 4.39 Å². The molecule has 0 radical (unpaired) electrons. The lowest BCUT2D eigenvalue weighted by Gasteiger charge is -2.34. The van der Waals surface area contributed by atoms with Crippen molar-refractivity contribution in [1.82, 2.24) is 15.1 Å². The Hall–Kier alpha value is -1.95. The van der Waals surface area contributed by atoms with Crippen molar-refractivity contribution < 1.29 is 14.0 Å². The van der Waals surface area contributed by atoms with E-state index in [4.69, 9.17) is 0 Å². The van der Waals surface area contributed by atoms with Gasteiger partial charge in [0.1, 0.15) is 5.82 Å². The molecule has 138 valence electrons. The van der Waals surface area contributed by atoms with Crippen LogP contribution in [-0.4, -0.2) is 53.8 Å². The SMILES string of the molecule is CC(=O)NCC(=O)N1CCCN(Cc2ccc(F)cc2)[C@@H](C(C)C)C1. The van der Waals surface area contributed by atoms with E-state index in [1.54, 1.807) is 0 Å². The molecule has 0 spiro atoms. The Morgan fingerprint density at radius 2 is 1.92 bits per heavy atom. The molecule has 1 fully saturated rings. The first-order valence-corrected chi connectivity index (χ1v) is 8.87. The van der Waals surface area contributed by atoms with Crippen LogP contribution in [0.5, 0.6) is 0 Å². The van der Waals surface area contributed by atoms with Crippen LogP contribution in [-0.2, 0) is 16.1 Å². The number of carbonyl (C=O) groups excluding carboxylic acids is 2. The summed E-state index contributed by atoms with van der Waals surface area (Å²) in [6.07, 6.45) is 0.885. The van der Waals surface area contributed by atoms with Gasteiger partial charge in [0.25, 0.3) is 0 Å². The van der Waals surface area contributed by atoms with Crippen molar-refractivity contribution in [2.24, 2.45) is 5.92 Å². The van der Waals surface area contributed by atoms with Crippen molar-refractivity contribution in [3.63, 3.8) is 0 Å². The van der Waals surface area contributed by atoms with E-state index in [9.17, 15) is 14.0 Å². The smallest absolute Gasteiger partial charge is 0.242 e. The van der Waals surface area contributed by atoms with Crippen molar-refractivity contribution >= 4 is 11.8 Å². The van der Waals surface area contributed by atoms with E-state index in [2.05, 4.69) is 24.1 Å². The van der Waals surface area contributed by atoms with E-state index in [0.717, 1.165) is 25.1 Å². The predicted octanol–water partition coefficient (Wildman–Crippen LogP) is 2.02. The molecule has 1 aromatic carbocycles. The maximum atomic E-state index is 13.1. The van der Waals surface area contributed by atoms with E-state index in [-0.39, 0.29) is 30.2 Å². The van der Waals surface area contributed by atoms with Crippen molar-refractivity contribution in [2.45, 2.75) is 39.8 Å². The van der Waals surface area contributed by atoms with Crippen molar-refractivity contribution in [2.75, 3.05) is 26.2 Å². The fraction of sp³-hybridized carbons (Fsp3) is 0.579. The van der Waals surface area contributed by atoms with Crippen LogP contribution in [0.25, 0.3) is 0 Å². The zero-order valence-electron chi connectivity index (χ0n) is 15.3. The molecule has 25 heavy (non-hydrogen) atoms. The van der Waals surface area contributed by atoms with Crippen LogP contribution in [0.1, 0.15) is 32.8 Å². The summed E-state index contributed by atoms with van der Waals surface area (Å²) in [5, 5.41) is 2.58. The lowest BCUT2D eigenvalue weighted by molar-refractivity contribution is -0.132. The van der Waals surface area contributed by atoms with Gasteiger partial charge in [-0.2, -0.15) is 0 Å². The zero-order valence-corrected chi connectivity index (χ0v) is 15.3. The lowest BCUT2D eigenvalue weighted by Crippen LogP contribution is -2.47. The average Bonchev–Trinajstić information content (AvgIpc) is 2.77. The van der Waals surface area contributed by atoms with Crippen LogP contribution in [0.4, 0.5) is 4.39 Å². The van der Waals surface area contributed by atoms with Gasteiger partial charge in [-0.1, -0.05) is 26.0 Å². The molecule has 5 nitrogen and oxygen atoms in total. The number of nitrogens with one attached hydrogen (secondary N) is 1. The first-order chi connectivity index (χ1) is 11.9. The van der Waals surface area contributed by atoms with Gasteiger partial charge in [-0.3, -0.25) is 14.5 Å². The highest BCUT2D eigenvalue weighted by Crippen LogP contribution is 2.20. The molecule has 0 bridgehead atoms. The number of nitrogens with zero attached hydrogens (tertiary/aromatic N) is 2. The zero-order chi connectivity index (χ0) is 18.4. The van der Waals surface area contributed by atoms with Gasteiger partial charge in [0.2, 0.25) is 11.8 Å². The molecule has 0 saturated carbocycles. The molecule has 1 N–H and O–H groups in total. The van der Waals surface area contributed by atoms with Crippen molar-refractivity contribution in [3.8, 4) is 0 Å². The molecule has 1 aliphatic heterocycles. The van der Waals surface area contributed by atoms with E-state index < -0.39 is 0 Å². The minimum absolute atomic E-state index is 0.0375. The molecule has 1 aromatic rings. The number of rotatable bonds is 5. The molecular formula is C19H28FN3O2. The van der Waals surface area contributed by atoms with Gasteiger partial charge in [-0.05, 0) is 30.0 Å². The number of benzene rings is 1. The number of hydrogen-bond acceptors (Lipinski definition) is 3. The largest absolute Gasteiger partial charge is 0.347 e. The quantitative estimate of drug-likeness (QED) is 0.885. The Balaban J connectivity index is 2.05. The highest BCUT2D eigenvalue weighted by atomic mass is 19.1. The van der Waals surface area contributed by atoms with Crippen LogP contribution < -0.4 is 5.32 Å². The standard InChI is InChI=1S/C19H28FN3O2/c1-14(2)18-13-23(19(25)11-21-15(3)24)10-4-9-22(18)12-16-5-7-17(20)8-6-16/h5-8,14,18H,4,9-13H2,1-3H3,(H,21,24)/t18-/m1/s1. The monoisotopic (exact) mass is 349 g/mol. The number of amides is 2. The van der Waals surface area contributed by atoms with Gasteiger partial charge in [0, 0.05) is 39.1 Å². The lowest BCUT2D eigenvalue weighted by atomic mass is 10.0. The highest BCUT2D eigenvalue weighted by molar-refractivity contribution is 5.83. The second-order valence-corrected chi connectivity index (χ2v) is 7.01. The molecular weight excluding hydrogens is 321 g/mol. The Bertz CT molecular complexity index is 589. The molecule has 2 amide bonds. The van der Waals surface area contributed by atoms with Crippen LogP contribution in [0.15, 0.2) is 24.3 Å². The Kier molecular flexibility index (Phi) is 6.93. The minimum Gasteiger partial charge on any atom is -0.347 e. The van der Waals surface area contributed by atoms with Gasteiger partial charge in [0.05, 0.1) is 6.54 Å². The minimum atomic E-state index is -0.227. The Labute approximate surface area is 149 Å². The first kappa shape index (κ1) is 19.4. The van der Waals surface area contributed by atoms with Crippen LogP contribution in [0, 0.1) is 11.7 Å². The average molecular weight is 349 g/mol. The van der Waals surface area contributed by atoms with Gasteiger partial charge < -0.3 is 10.2 Å². The van der Waals surface area contributed by atoms with Crippen LogP contribution >= 0.6 is 0 Å². The van der Waals surface area contributed by atoms with E-state index >= 15 is 0 Å². The molecule has 0 aromatic heterocycles. The van der Waals surface area contributed by atoms with Gasteiger partial charge in [0.15, 0.2) is 0 Å². The third kappa shape index (κ3) is 5.81. The summed E-state index contributed by atoms with van der Waals surface area (Å²) < 4.78 is 13.1. The van der Waals surface area contributed by atoms with E-state index in [0.29, 0.717) is 19.0 Å². The summed E-state index contributed by atoms with van der Waals surface area (Å²) in [6.45, 7) is 8.77. The Morgan fingerprint density at radius 3 is 2.52 bits per heavy atom. The summed E-state index contributed by atoms with van der Waals surface area (Å²) >= 11 is 0. The maximum absolute atomic E-state index is 13.1. The van der Waals surface area contributed by atoms with E-state index in [1.807, 2.05) is 17.0 Å². The molecule has 1 heterocycles. The number of carbonyl (C=O) groups is 2. The summed E-state index contributed by atoms with van der Waals surface area (Å²) in [7, 11) is 0. The summed E-state index contributed by atoms with van der Waals surface area (Å²) in [6, 6.07) is 6.84. The normalized spacial score (nSPS) is 18.9. The molecule has 1 atom stereocenters. The maximum Gasteiger partial charge on any atom is 0.242 e. The van der Waals surface area contributed by atoms with Gasteiger partial charge >= 0.3 is 0 Å². The first-order valence-electron chi connectivity index (χ1n) is 8.87. The second-order valence-electron chi connectivity index (χ2n) is 7.01. The third-order valence-corrected chi connectivity index (χ3v) is 4.66.